The number of hydrogen-bond acceptors (Lipinski definition) is 4. The van der Waals surface area contributed by atoms with Gasteiger partial charge in [-0.25, -0.2) is 4.39 Å². The molecule has 1 aliphatic heterocycles. The van der Waals surface area contributed by atoms with Crippen LogP contribution in [0, 0.1) is 5.82 Å². The van der Waals surface area contributed by atoms with E-state index in [-0.39, 0.29) is 17.7 Å². The lowest BCUT2D eigenvalue weighted by molar-refractivity contribution is -0.122. The largest absolute Gasteiger partial charge is 0.494 e. The monoisotopic (exact) mass is 281 g/mol. The first-order valence-corrected chi connectivity index (χ1v) is 6.69. The number of carbonyl (C=O) groups is 1. The normalized spacial score (nSPS) is 18.8. The van der Waals surface area contributed by atoms with Gasteiger partial charge in [-0.15, -0.1) is 0 Å². The molecule has 0 bridgehead atoms. The van der Waals surface area contributed by atoms with Crippen LogP contribution in [0.1, 0.15) is 19.3 Å². The Labute approximate surface area is 117 Å². The van der Waals surface area contributed by atoms with Crippen LogP contribution in [-0.4, -0.2) is 32.7 Å². The lowest BCUT2D eigenvalue weighted by Gasteiger charge is -2.37. The molecule has 1 aromatic rings. The summed E-state index contributed by atoms with van der Waals surface area (Å²) in [6, 6.07) is 2.53. The van der Waals surface area contributed by atoms with E-state index < -0.39 is 5.82 Å². The average molecular weight is 281 g/mol. The number of ether oxygens (including phenoxy) is 1. The van der Waals surface area contributed by atoms with Crippen molar-refractivity contribution in [2.24, 2.45) is 0 Å². The minimum Gasteiger partial charge on any atom is -0.494 e. The first-order chi connectivity index (χ1) is 9.58. The van der Waals surface area contributed by atoms with Crippen LogP contribution in [0.3, 0.4) is 0 Å². The zero-order valence-corrected chi connectivity index (χ0v) is 11.8. The third-order valence-electron chi connectivity index (χ3n) is 3.66. The first-order valence-electron chi connectivity index (χ1n) is 6.69. The summed E-state index contributed by atoms with van der Waals surface area (Å²) >= 11 is 0. The van der Waals surface area contributed by atoms with Gasteiger partial charge in [-0.1, -0.05) is 0 Å². The summed E-state index contributed by atoms with van der Waals surface area (Å²) in [6.45, 7) is 0.719. The van der Waals surface area contributed by atoms with E-state index in [1.54, 1.807) is 13.1 Å². The first kappa shape index (κ1) is 14.4. The highest BCUT2D eigenvalue weighted by Crippen LogP contribution is 2.34. The highest BCUT2D eigenvalue weighted by Gasteiger charge is 2.29. The molecule has 0 spiro atoms. The summed E-state index contributed by atoms with van der Waals surface area (Å²) in [5, 5.41) is 2.67. The summed E-state index contributed by atoms with van der Waals surface area (Å²) in [5.41, 5.74) is 6.88. The Morgan fingerprint density at radius 1 is 1.50 bits per heavy atom. The van der Waals surface area contributed by atoms with E-state index in [1.807, 2.05) is 4.90 Å². The molecule has 1 amide bonds. The van der Waals surface area contributed by atoms with Crippen molar-refractivity contribution in [3.8, 4) is 5.75 Å². The van der Waals surface area contributed by atoms with Gasteiger partial charge in [0.25, 0.3) is 0 Å². The lowest BCUT2D eigenvalue weighted by Crippen LogP contribution is -2.49. The van der Waals surface area contributed by atoms with Crippen molar-refractivity contribution in [3.63, 3.8) is 0 Å². The van der Waals surface area contributed by atoms with E-state index in [9.17, 15) is 9.18 Å². The van der Waals surface area contributed by atoms with Crippen molar-refractivity contribution >= 4 is 17.3 Å². The van der Waals surface area contributed by atoms with Crippen molar-refractivity contribution < 1.29 is 13.9 Å². The smallest absolute Gasteiger partial charge is 0.242 e. The van der Waals surface area contributed by atoms with Crippen LogP contribution in [0.2, 0.25) is 0 Å². The number of methoxy groups -OCH3 is 1. The number of piperidine rings is 1. The number of hydrogen-bond donors (Lipinski definition) is 2. The Balaban J connectivity index is 2.39. The van der Waals surface area contributed by atoms with Crippen molar-refractivity contribution in [1.82, 2.24) is 5.32 Å². The van der Waals surface area contributed by atoms with Gasteiger partial charge < -0.3 is 20.7 Å². The molecular formula is C14H20FN3O2. The van der Waals surface area contributed by atoms with E-state index in [1.165, 1.54) is 13.2 Å². The van der Waals surface area contributed by atoms with E-state index in [2.05, 4.69) is 5.32 Å². The topological polar surface area (TPSA) is 67.6 Å². The highest BCUT2D eigenvalue weighted by molar-refractivity contribution is 5.87. The number of carbonyl (C=O) groups excluding carboxylic acids is 1. The number of halogens is 1. The molecule has 5 nitrogen and oxygen atoms in total. The molecule has 1 fully saturated rings. The number of nitrogens with zero attached hydrogens (tertiary/aromatic N) is 1. The fraction of sp³-hybridized carbons (Fsp3) is 0.500. The summed E-state index contributed by atoms with van der Waals surface area (Å²) < 4.78 is 18.6. The Morgan fingerprint density at radius 2 is 2.25 bits per heavy atom. The number of nitrogens with two attached hydrogens (primary N) is 1. The van der Waals surface area contributed by atoms with Crippen molar-refractivity contribution in [3.05, 3.63) is 17.9 Å². The molecular weight excluding hydrogens is 261 g/mol. The molecule has 0 aromatic heterocycles. The maximum absolute atomic E-state index is 13.6. The minimum absolute atomic E-state index is 0.0487. The van der Waals surface area contributed by atoms with E-state index in [4.69, 9.17) is 10.5 Å². The molecule has 0 radical (unpaired) electrons. The average Bonchev–Trinajstić information content (AvgIpc) is 2.47. The SMILES string of the molecule is CNC(=O)C1CCCCN1c1cc(OC)c(F)cc1N. The summed E-state index contributed by atoms with van der Waals surface area (Å²) in [6.07, 6.45) is 2.73. The number of nitrogens with one attached hydrogen (secondary N) is 1. The van der Waals surface area contributed by atoms with Crippen LogP contribution >= 0.6 is 0 Å². The van der Waals surface area contributed by atoms with Crippen molar-refractivity contribution in [1.29, 1.82) is 0 Å². The molecule has 1 heterocycles. The van der Waals surface area contributed by atoms with Crippen LogP contribution in [-0.2, 0) is 4.79 Å². The third kappa shape index (κ3) is 2.64. The maximum Gasteiger partial charge on any atom is 0.242 e. The van der Waals surface area contributed by atoms with Gasteiger partial charge in [0, 0.05) is 25.7 Å². The molecule has 3 N–H and O–H groups in total. The molecule has 1 saturated heterocycles. The van der Waals surface area contributed by atoms with Crippen molar-refractivity contribution in [2.75, 3.05) is 31.3 Å². The third-order valence-corrected chi connectivity index (χ3v) is 3.66. The Hall–Kier alpha value is -1.98. The fourth-order valence-electron chi connectivity index (χ4n) is 2.62. The Morgan fingerprint density at radius 3 is 2.90 bits per heavy atom. The predicted molar refractivity (Wildman–Crippen MR) is 76.4 cm³/mol. The molecule has 1 aliphatic rings. The van der Waals surface area contributed by atoms with Crippen LogP contribution < -0.4 is 20.7 Å². The van der Waals surface area contributed by atoms with E-state index >= 15 is 0 Å². The molecule has 1 unspecified atom stereocenters. The van der Waals surface area contributed by atoms with Crippen LogP contribution in [0.15, 0.2) is 12.1 Å². The number of anilines is 2. The zero-order valence-electron chi connectivity index (χ0n) is 11.8. The maximum atomic E-state index is 13.6. The number of nitrogen functional groups attached to an aromatic ring is 1. The summed E-state index contributed by atoms with van der Waals surface area (Å²) in [7, 11) is 3.02. The second-order valence-corrected chi connectivity index (χ2v) is 4.86. The van der Waals surface area contributed by atoms with Gasteiger partial charge >= 0.3 is 0 Å². The number of amides is 1. The Bertz CT molecular complexity index is 507. The van der Waals surface area contributed by atoms with Crippen LogP contribution in [0.25, 0.3) is 0 Å². The molecule has 0 aliphatic carbocycles. The molecule has 1 atom stereocenters. The Kier molecular flexibility index (Phi) is 4.32. The lowest BCUT2D eigenvalue weighted by atomic mass is 10.00. The number of rotatable bonds is 3. The van der Waals surface area contributed by atoms with E-state index in [0.717, 1.165) is 25.8 Å². The van der Waals surface area contributed by atoms with Gasteiger partial charge in [0.05, 0.1) is 18.5 Å². The molecule has 6 heteroatoms. The predicted octanol–water partition coefficient (Wildman–Crippen LogP) is 1.52. The standard InChI is InChI=1S/C14H20FN3O2/c1-17-14(19)11-5-3-4-6-18(11)12-8-13(20-2)9(15)7-10(12)16/h7-8,11H,3-6,16H2,1-2H3,(H,17,19). The number of likely N-dealkylation sites (N-methyl/N-ethyl adjacent to an activating group) is 1. The van der Waals surface area contributed by atoms with Crippen LogP contribution in [0.4, 0.5) is 15.8 Å². The molecule has 2 rings (SSSR count). The quantitative estimate of drug-likeness (QED) is 0.824. The second-order valence-electron chi connectivity index (χ2n) is 4.86. The number of benzene rings is 1. The van der Waals surface area contributed by atoms with Gasteiger partial charge in [-0.3, -0.25) is 4.79 Å². The highest BCUT2D eigenvalue weighted by atomic mass is 19.1. The van der Waals surface area contributed by atoms with Crippen molar-refractivity contribution in [2.45, 2.75) is 25.3 Å². The zero-order chi connectivity index (χ0) is 14.7. The summed E-state index contributed by atoms with van der Waals surface area (Å²) in [4.78, 5) is 13.9. The molecule has 0 saturated carbocycles. The van der Waals surface area contributed by atoms with E-state index in [0.29, 0.717) is 11.4 Å². The molecule has 110 valence electrons. The fourth-order valence-corrected chi connectivity index (χ4v) is 2.62. The van der Waals surface area contributed by atoms with Gasteiger partial charge in [-0.05, 0) is 19.3 Å². The minimum atomic E-state index is -0.498. The van der Waals surface area contributed by atoms with Gasteiger partial charge in [0.15, 0.2) is 11.6 Å². The van der Waals surface area contributed by atoms with Crippen LogP contribution in [0.5, 0.6) is 5.75 Å². The van der Waals surface area contributed by atoms with Gasteiger partial charge in [0.1, 0.15) is 6.04 Å². The van der Waals surface area contributed by atoms with Gasteiger partial charge in [-0.2, -0.15) is 0 Å². The molecule has 1 aromatic carbocycles. The van der Waals surface area contributed by atoms with Gasteiger partial charge in [0.2, 0.25) is 5.91 Å². The molecule has 20 heavy (non-hydrogen) atoms. The second kappa shape index (κ2) is 5.98. The summed E-state index contributed by atoms with van der Waals surface area (Å²) in [5.74, 6) is -0.412.